The van der Waals surface area contributed by atoms with E-state index < -0.39 is 6.10 Å². The molecule has 27 heavy (non-hydrogen) atoms. The number of carbonyl (C=O) groups is 1. The number of hydrogen-bond donors (Lipinski definition) is 1. The first kappa shape index (κ1) is 18.8. The van der Waals surface area contributed by atoms with Gasteiger partial charge in [-0.15, -0.1) is 0 Å². The molecule has 1 amide bonds. The van der Waals surface area contributed by atoms with Gasteiger partial charge in [-0.2, -0.15) is 0 Å². The Bertz CT molecular complexity index is 825. The van der Waals surface area contributed by atoms with E-state index in [0.717, 1.165) is 24.8 Å². The van der Waals surface area contributed by atoms with Crippen LogP contribution in [0.5, 0.6) is 0 Å². The Morgan fingerprint density at radius 3 is 2.48 bits per heavy atom. The molecule has 3 atom stereocenters. The summed E-state index contributed by atoms with van der Waals surface area (Å²) in [6, 6.07) is 5.52. The number of likely N-dealkylation sites (tertiary alicyclic amines) is 1. The molecular formula is C20H23Cl2N3O2. The third-order valence-corrected chi connectivity index (χ3v) is 6.28. The average molecular weight is 408 g/mol. The number of aliphatic hydroxyl groups excluding tert-OH is 1. The molecule has 1 saturated heterocycles. The molecule has 4 rings (SSSR count). The van der Waals surface area contributed by atoms with Gasteiger partial charge in [0.2, 0.25) is 5.91 Å². The number of imidazole rings is 1. The van der Waals surface area contributed by atoms with Crippen LogP contribution < -0.4 is 0 Å². The standard InChI is InChI=1S/C20H23Cl2N3O2/c1-24-7-4-23-19(24)18(26)12-2-5-25(6-3-12)20(27)17-11-16(17)13-8-14(21)10-15(22)9-13/h4,7-10,12,16-18,26H,2-3,5-6,11H2,1H3/t16-,17+,18+/m0/s1. The summed E-state index contributed by atoms with van der Waals surface area (Å²) in [5, 5.41) is 11.8. The Labute approximate surface area is 168 Å². The fourth-order valence-corrected chi connectivity index (χ4v) is 4.71. The molecule has 1 aromatic heterocycles. The number of halogens is 2. The summed E-state index contributed by atoms with van der Waals surface area (Å²) in [5.41, 5.74) is 1.05. The number of hydrogen-bond acceptors (Lipinski definition) is 3. The van der Waals surface area contributed by atoms with Crippen molar-refractivity contribution in [1.29, 1.82) is 0 Å². The minimum Gasteiger partial charge on any atom is -0.385 e. The van der Waals surface area contributed by atoms with E-state index in [0.29, 0.717) is 29.0 Å². The molecule has 1 aliphatic carbocycles. The van der Waals surface area contributed by atoms with Crippen LogP contribution in [0.4, 0.5) is 0 Å². The van der Waals surface area contributed by atoms with E-state index in [1.165, 1.54) is 0 Å². The average Bonchev–Trinajstić information content (AvgIpc) is 3.34. The van der Waals surface area contributed by atoms with Crippen molar-refractivity contribution in [2.24, 2.45) is 18.9 Å². The maximum absolute atomic E-state index is 12.9. The van der Waals surface area contributed by atoms with Crippen molar-refractivity contribution in [3.8, 4) is 0 Å². The molecule has 0 spiro atoms. The maximum atomic E-state index is 12.9. The van der Waals surface area contributed by atoms with Gasteiger partial charge in [0.05, 0.1) is 0 Å². The first-order chi connectivity index (χ1) is 12.9. The fourth-order valence-electron chi connectivity index (χ4n) is 4.17. The number of aryl methyl sites for hydroxylation is 1. The molecule has 7 heteroatoms. The first-order valence-corrected chi connectivity index (χ1v) is 10.1. The molecule has 2 aromatic rings. The zero-order valence-electron chi connectivity index (χ0n) is 15.2. The summed E-state index contributed by atoms with van der Waals surface area (Å²) >= 11 is 12.2. The Morgan fingerprint density at radius 2 is 1.89 bits per heavy atom. The van der Waals surface area contributed by atoms with Crippen LogP contribution in [-0.2, 0) is 11.8 Å². The fraction of sp³-hybridized carbons (Fsp3) is 0.500. The van der Waals surface area contributed by atoms with Crippen LogP contribution in [0.2, 0.25) is 10.0 Å². The second-order valence-electron chi connectivity index (χ2n) is 7.66. The first-order valence-electron chi connectivity index (χ1n) is 9.34. The highest BCUT2D eigenvalue weighted by molar-refractivity contribution is 6.34. The quantitative estimate of drug-likeness (QED) is 0.837. The number of piperidine rings is 1. The van der Waals surface area contributed by atoms with Gasteiger partial charge in [0, 0.05) is 48.5 Å². The molecule has 0 unspecified atom stereocenters. The summed E-state index contributed by atoms with van der Waals surface area (Å²) in [7, 11) is 1.89. The number of amides is 1. The van der Waals surface area contributed by atoms with Gasteiger partial charge in [-0.3, -0.25) is 4.79 Å². The number of nitrogens with zero attached hydrogens (tertiary/aromatic N) is 3. The van der Waals surface area contributed by atoms with Crippen molar-refractivity contribution in [3.63, 3.8) is 0 Å². The van der Waals surface area contributed by atoms with Crippen molar-refractivity contribution in [2.75, 3.05) is 13.1 Å². The summed E-state index contributed by atoms with van der Waals surface area (Å²) in [5.74, 6) is 1.28. The number of carbonyl (C=O) groups excluding carboxylic acids is 1. The SMILES string of the molecule is Cn1ccnc1[C@H](O)C1CCN(C(=O)[C@@H]2C[C@H]2c2cc(Cl)cc(Cl)c2)CC1. The van der Waals surface area contributed by atoms with Crippen LogP contribution in [0.25, 0.3) is 0 Å². The highest BCUT2D eigenvalue weighted by Crippen LogP contribution is 2.49. The minimum absolute atomic E-state index is 0.0237. The van der Waals surface area contributed by atoms with E-state index in [4.69, 9.17) is 23.2 Å². The Morgan fingerprint density at radius 1 is 1.22 bits per heavy atom. The molecular weight excluding hydrogens is 385 g/mol. The van der Waals surface area contributed by atoms with Gasteiger partial charge in [-0.1, -0.05) is 23.2 Å². The van der Waals surface area contributed by atoms with E-state index in [9.17, 15) is 9.90 Å². The van der Waals surface area contributed by atoms with Crippen molar-refractivity contribution in [2.45, 2.75) is 31.3 Å². The van der Waals surface area contributed by atoms with Gasteiger partial charge < -0.3 is 14.6 Å². The van der Waals surface area contributed by atoms with Crippen LogP contribution in [0.3, 0.4) is 0 Å². The molecule has 0 radical (unpaired) electrons. The van der Waals surface area contributed by atoms with E-state index in [1.807, 2.05) is 34.8 Å². The lowest BCUT2D eigenvalue weighted by Gasteiger charge is -2.34. The third-order valence-electron chi connectivity index (χ3n) is 5.84. The molecule has 2 fully saturated rings. The molecule has 1 saturated carbocycles. The number of benzene rings is 1. The molecule has 1 aliphatic heterocycles. The highest BCUT2D eigenvalue weighted by atomic mass is 35.5. The van der Waals surface area contributed by atoms with Crippen molar-refractivity contribution in [1.82, 2.24) is 14.5 Å². The topological polar surface area (TPSA) is 58.4 Å². The molecule has 2 aliphatic rings. The van der Waals surface area contributed by atoms with Gasteiger partial charge in [-0.25, -0.2) is 4.98 Å². The molecule has 1 aromatic carbocycles. The molecule has 144 valence electrons. The highest BCUT2D eigenvalue weighted by Gasteiger charge is 2.46. The van der Waals surface area contributed by atoms with Gasteiger partial charge in [0.25, 0.3) is 0 Å². The van der Waals surface area contributed by atoms with Crippen LogP contribution in [0, 0.1) is 11.8 Å². The van der Waals surface area contributed by atoms with E-state index in [1.54, 1.807) is 12.3 Å². The lowest BCUT2D eigenvalue weighted by Crippen LogP contribution is -2.41. The third kappa shape index (κ3) is 3.86. The Balaban J connectivity index is 1.34. The zero-order valence-corrected chi connectivity index (χ0v) is 16.7. The lowest BCUT2D eigenvalue weighted by molar-refractivity contribution is -0.134. The maximum Gasteiger partial charge on any atom is 0.226 e. The zero-order chi connectivity index (χ0) is 19.1. The Kier molecular flexibility index (Phi) is 5.19. The summed E-state index contributed by atoms with van der Waals surface area (Å²) in [4.78, 5) is 19.0. The monoisotopic (exact) mass is 407 g/mol. The summed E-state index contributed by atoms with van der Waals surface area (Å²) < 4.78 is 1.85. The van der Waals surface area contributed by atoms with E-state index >= 15 is 0 Å². The minimum atomic E-state index is -0.579. The lowest BCUT2D eigenvalue weighted by atomic mass is 9.90. The van der Waals surface area contributed by atoms with Crippen LogP contribution in [-0.4, -0.2) is 38.6 Å². The van der Waals surface area contributed by atoms with Gasteiger partial charge in [0.15, 0.2) is 0 Å². The van der Waals surface area contributed by atoms with Gasteiger partial charge >= 0.3 is 0 Å². The molecule has 2 heterocycles. The number of aromatic nitrogens is 2. The van der Waals surface area contributed by atoms with Crippen molar-refractivity contribution in [3.05, 3.63) is 52.0 Å². The molecule has 5 nitrogen and oxygen atoms in total. The largest absolute Gasteiger partial charge is 0.385 e. The van der Waals surface area contributed by atoms with Crippen LogP contribution in [0.15, 0.2) is 30.6 Å². The normalized spacial score (nSPS) is 24.1. The number of rotatable bonds is 4. The van der Waals surface area contributed by atoms with Crippen LogP contribution >= 0.6 is 23.2 Å². The summed E-state index contributed by atoms with van der Waals surface area (Å²) in [6.07, 6.45) is 5.40. The Hall–Kier alpha value is -1.56. The number of aliphatic hydroxyl groups is 1. The summed E-state index contributed by atoms with van der Waals surface area (Å²) in [6.45, 7) is 1.37. The van der Waals surface area contributed by atoms with Crippen molar-refractivity contribution >= 4 is 29.1 Å². The van der Waals surface area contributed by atoms with E-state index in [-0.39, 0.29) is 23.7 Å². The van der Waals surface area contributed by atoms with Crippen LogP contribution in [0.1, 0.15) is 42.7 Å². The second kappa shape index (κ2) is 7.46. The molecule has 0 bridgehead atoms. The predicted octanol–water partition coefficient (Wildman–Crippen LogP) is 3.80. The predicted molar refractivity (Wildman–Crippen MR) is 105 cm³/mol. The van der Waals surface area contributed by atoms with Gasteiger partial charge in [-0.05, 0) is 54.9 Å². The molecule has 1 N–H and O–H groups in total. The van der Waals surface area contributed by atoms with Gasteiger partial charge in [0.1, 0.15) is 11.9 Å². The second-order valence-corrected chi connectivity index (χ2v) is 8.53. The smallest absolute Gasteiger partial charge is 0.226 e. The van der Waals surface area contributed by atoms with E-state index in [2.05, 4.69) is 4.98 Å². The van der Waals surface area contributed by atoms with Crippen molar-refractivity contribution < 1.29 is 9.90 Å².